The Hall–Kier alpha value is -1.32. The van der Waals surface area contributed by atoms with Gasteiger partial charge in [-0.15, -0.1) is 0 Å². The normalized spacial score (nSPS) is 21.1. The van der Waals surface area contributed by atoms with Gasteiger partial charge < -0.3 is 5.73 Å². The number of H-pyrrole nitrogens is 1. The molecule has 0 spiro atoms. The lowest BCUT2D eigenvalue weighted by Crippen LogP contribution is -2.21. The second-order valence-electron chi connectivity index (χ2n) is 3.65. The number of carbonyl (C=O) groups excluding carboxylic acids is 1. The zero-order valence-corrected chi connectivity index (χ0v) is 7.42. The molecule has 4 nitrogen and oxygen atoms in total. The quantitative estimate of drug-likeness (QED) is 0.689. The van der Waals surface area contributed by atoms with Crippen molar-refractivity contribution in [1.82, 2.24) is 10.2 Å². The summed E-state index contributed by atoms with van der Waals surface area (Å²) in [6.45, 7) is 0. The molecule has 1 amide bonds. The van der Waals surface area contributed by atoms with E-state index in [0.717, 1.165) is 19.3 Å². The fourth-order valence-corrected chi connectivity index (χ4v) is 1.95. The van der Waals surface area contributed by atoms with Crippen LogP contribution in [0.1, 0.15) is 24.1 Å². The molecule has 2 rings (SSSR count). The Labute approximate surface area is 76.5 Å². The number of rotatable bonds is 2. The zero-order valence-electron chi connectivity index (χ0n) is 7.42. The summed E-state index contributed by atoms with van der Waals surface area (Å²) < 4.78 is 0. The van der Waals surface area contributed by atoms with Crippen LogP contribution in [-0.4, -0.2) is 16.1 Å². The number of primary amides is 1. The molecule has 3 N–H and O–H groups in total. The molecule has 0 saturated heterocycles. The second-order valence-corrected chi connectivity index (χ2v) is 3.65. The van der Waals surface area contributed by atoms with Crippen molar-refractivity contribution in [3.63, 3.8) is 0 Å². The highest BCUT2D eigenvalue weighted by Gasteiger charge is 2.21. The molecular formula is C9H13N3O. The number of hydrogen-bond donors (Lipinski definition) is 2. The molecule has 0 aromatic carbocycles. The number of amides is 1. The van der Waals surface area contributed by atoms with Crippen molar-refractivity contribution in [2.75, 3.05) is 0 Å². The number of carbonyl (C=O) groups is 1. The minimum absolute atomic E-state index is 0.197. The first-order chi connectivity index (χ1) is 6.25. The third kappa shape index (κ3) is 1.71. The van der Waals surface area contributed by atoms with E-state index in [2.05, 4.69) is 10.2 Å². The van der Waals surface area contributed by atoms with Gasteiger partial charge in [-0.2, -0.15) is 5.10 Å². The van der Waals surface area contributed by atoms with Crippen LogP contribution in [0.15, 0.2) is 6.20 Å². The first-order valence-electron chi connectivity index (χ1n) is 4.55. The number of nitrogens with one attached hydrogen (secondary N) is 1. The number of nitrogens with two attached hydrogens (primary N) is 1. The lowest BCUT2D eigenvalue weighted by atomic mass is 9.86. The maximum absolute atomic E-state index is 10.7. The molecule has 0 aliphatic heterocycles. The van der Waals surface area contributed by atoms with E-state index in [-0.39, 0.29) is 5.91 Å². The highest BCUT2D eigenvalue weighted by Crippen LogP contribution is 2.25. The number of aryl methyl sites for hydroxylation is 1. The van der Waals surface area contributed by atoms with Gasteiger partial charge in [-0.1, -0.05) is 0 Å². The Balaban J connectivity index is 2.04. The van der Waals surface area contributed by atoms with E-state index >= 15 is 0 Å². The SMILES string of the molecule is NC(=O)CC1CCc2[nH]ncc2C1. The van der Waals surface area contributed by atoms with Crippen LogP contribution >= 0.6 is 0 Å². The molecule has 1 aromatic rings. The van der Waals surface area contributed by atoms with Crippen molar-refractivity contribution in [2.45, 2.75) is 25.7 Å². The van der Waals surface area contributed by atoms with Gasteiger partial charge in [0.1, 0.15) is 0 Å². The number of hydrogen-bond acceptors (Lipinski definition) is 2. The molecule has 70 valence electrons. The van der Waals surface area contributed by atoms with E-state index in [1.54, 1.807) is 0 Å². The van der Waals surface area contributed by atoms with Gasteiger partial charge in [0.25, 0.3) is 0 Å². The van der Waals surface area contributed by atoms with Crippen molar-refractivity contribution >= 4 is 5.91 Å². The fraction of sp³-hybridized carbons (Fsp3) is 0.556. The molecule has 1 aliphatic carbocycles. The Bertz CT molecular complexity index is 318. The lowest BCUT2D eigenvalue weighted by molar-refractivity contribution is -0.119. The van der Waals surface area contributed by atoms with Gasteiger partial charge in [-0.25, -0.2) is 0 Å². The third-order valence-electron chi connectivity index (χ3n) is 2.61. The summed E-state index contributed by atoms with van der Waals surface area (Å²) in [5.74, 6) is 0.222. The van der Waals surface area contributed by atoms with E-state index in [0.29, 0.717) is 12.3 Å². The smallest absolute Gasteiger partial charge is 0.217 e. The highest BCUT2D eigenvalue weighted by atomic mass is 16.1. The summed E-state index contributed by atoms with van der Waals surface area (Å²) >= 11 is 0. The molecule has 0 fully saturated rings. The van der Waals surface area contributed by atoms with Crippen LogP contribution in [0, 0.1) is 5.92 Å². The average molecular weight is 179 g/mol. The topological polar surface area (TPSA) is 71.8 Å². The Morgan fingerprint density at radius 1 is 1.77 bits per heavy atom. The molecule has 4 heteroatoms. The van der Waals surface area contributed by atoms with Crippen molar-refractivity contribution in [3.05, 3.63) is 17.5 Å². The summed E-state index contributed by atoms with van der Waals surface area (Å²) in [4.78, 5) is 10.7. The highest BCUT2D eigenvalue weighted by molar-refractivity contribution is 5.74. The van der Waals surface area contributed by atoms with Crippen LogP contribution in [0.25, 0.3) is 0 Å². The Kier molecular flexibility index (Phi) is 2.04. The van der Waals surface area contributed by atoms with Gasteiger partial charge in [0, 0.05) is 12.1 Å². The van der Waals surface area contributed by atoms with E-state index in [4.69, 9.17) is 5.73 Å². The molecule has 1 aliphatic rings. The third-order valence-corrected chi connectivity index (χ3v) is 2.61. The minimum Gasteiger partial charge on any atom is -0.370 e. The first-order valence-corrected chi connectivity index (χ1v) is 4.55. The van der Waals surface area contributed by atoms with Crippen LogP contribution in [0.4, 0.5) is 0 Å². The predicted molar refractivity (Wildman–Crippen MR) is 47.9 cm³/mol. The molecule has 1 heterocycles. The van der Waals surface area contributed by atoms with Gasteiger partial charge in [-0.3, -0.25) is 9.89 Å². The van der Waals surface area contributed by atoms with Crippen molar-refractivity contribution in [1.29, 1.82) is 0 Å². The Morgan fingerprint density at radius 3 is 3.38 bits per heavy atom. The van der Waals surface area contributed by atoms with Crippen LogP contribution in [0.5, 0.6) is 0 Å². The van der Waals surface area contributed by atoms with E-state index in [1.807, 2.05) is 6.20 Å². The van der Waals surface area contributed by atoms with Crippen molar-refractivity contribution in [2.24, 2.45) is 11.7 Å². The number of nitrogens with zero attached hydrogens (tertiary/aromatic N) is 1. The summed E-state index contributed by atoms with van der Waals surface area (Å²) in [6.07, 6.45) is 5.33. The zero-order chi connectivity index (χ0) is 9.26. The lowest BCUT2D eigenvalue weighted by Gasteiger charge is -2.19. The molecule has 0 saturated carbocycles. The molecule has 1 aromatic heterocycles. The fourth-order valence-electron chi connectivity index (χ4n) is 1.95. The monoisotopic (exact) mass is 179 g/mol. The second kappa shape index (κ2) is 3.20. The maximum Gasteiger partial charge on any atom is 0.217 e. The van der Waals surface area contributed by atoms with Crippen LogP contribution in [0.3, 0.4) is 0 Å². The largest absolute Gasteiger partial charge is 0.370 e. The van der Waals surface area contributed by atoms with E-state index in [1.165, 1.54) is 11.3 Å². The standard InChI is InChI=1S/C9H13N3O/c10-9(13)4-6-1-2-8-7(3-6)5-11-12-8/h5-6H,1-4H2,(H2,10,13)(H,11,12). The molecule has 0 bridgehead atoms. The molecular weight excluding hydrogens is 166 g/mol. The number of aromatic nitrogens is 2. The summed E-state index contributed by atoms with van der Waals surface area (Å²) in [5, 5.41) is 6.94. The van der Waals surface area contributed by atoms with Crippen LogP contribution in [0.2, 0.25) is 0 Å². The maximum atomic E-state index is 10.7. The molecule has 1 atom stereocenters. The van der Waals surface area contributed by atoms with Gasteiger partial charge in [-0.05, 0) is 30.7 Å². The number of fused-ring (bicyclic) bond motifs is 1. The van der Waals surface area contributed by atoms with E-state index < -0.39 is 0 Å². The van der Waals surface area contributed by atoms with Crippen molar-refractivity contribution in [3.8, 4) is 0 Å². The van der Waals surface area contributed by atoms with Crippen LogP contribution < -0.4 is 5.73 Å². The first kappa shape index (κ1) is 8.29. The van der Waals surface area contributed by atoms with Crippen molar-refractivity contribution < 1.29 is 4.79 Å². The Morgan fingerprint density at radius 2 is 2.62 bits per heavy atom. The molecule has 0 radical (unpaired) electrons. The van der Waals surface area contributed by atoms with Crippen LogP contribution in [-0.2, 0) is 17.6 Å². The predicted octanol–water partition coefficient (Wildman–Crippen LogP) is 0.390. The minimum atomic E-state index is -0.197. The molecule has 13 heavy (non-hydrogen) atoms. The van der Waals surface area contributed by atoms with Gasteiger partial charge in [0.05, 0.1) is 6.20 Å². The summed E-state index contributed by atoms with van der Waals surface area (Å²) in [5.41, 5.74) is 7.63. The summed E-state index contributed by atoms with van der Waals surface area (Å²) in [7, 11) is 0. The molecule has 1 unspecified atom stereocenters. The van der Waals surface area contributed by atoms with Gasteiger partial charge >= 0.3 is 0 Å². The average Bonchev–Trinajstić information content (AvgIpc) is 2.49. The number of aromatic amines is 1. The van der Waals surface area contributed by atoms with Gasteiger partial charge in [0.15, 0.2) is 0 Å². The summed E-state index contributed by atoms with van der Waals surface area (Å²) in [6, 6.07) is 0. The van der Waals surface area contributed by atoms with E-state index in [9.17, 15) is 4.79 Å². The van der Waals surface area contributed by atoms with Gasteiger partial charge in [0.2, 0.25) is 5.91 Å².